The molecule has 33 heavy (non-hydrogen) atoms. The van der Waals surface area contributed by atoms with Gasteiger partial charge in [-0.3, -0.25) is 9.63 Å². The van der Waals surface area contributed by atoms with Crippen LogP contribution in [0.5, 0.6) is 0 Å². The third kappa shape index (κ3) is 4.00. The first-order valence-corrected chi connectivity index (χ1v) is 11.2. The highest BCUT2D eigenvalue weighted by Gasteiger charge is 2.32. The van der Waals surface area contributed by atoms with E-state index in [0.29, 0.717) is 0 Å². The number of hydrogen-bond acceptors (Lipinski definition) is 8. The lowest BCUT2D eigenvalue weighted by molar-refractivity contribution is -0.137. The van der Waals surface area contributed by atoms with Crippen molar-refractivity contribution in [3.05, 3.63) is 41.9 Å². The molecule has 11 nitrogen and oxygen atoms in total. The topological polar surface area (TPSA) is 133 Å². The number of hydrogen-bond donors (Lipinski definition) is 1. The minimum Gasteiger partial charge on any atom is -0.274 e. The molecule has 0 atom stereocenters. The number of fused-ring (bicyclic) bond motifs is 2. The highest BCUT2D eigenvalue weighted by atomic mass is 32.2. The van der Waals surface area contributed by atoms with Gasteiger partial charge in [0.05, 0.1) is 17.9 Å². The molecule has 0 aliphatic carbocycles. The molecule has 0 aromatic carbocycles. The van der Waals surface area contributed by atoms with Gasteiger partial charge in [-0.15, -0.1) is 5.10 Å². The van der Waals surface area contributed by atoms with Gasteiger partial charge >= 0.3 is 6.18 Å². The van der Waals surface area contributed by atoms with Crippen LogP contribution in [-0.2, 0) is 20.9 Å². The average molecular weight is 483 g/mol. The SMILES string of the molecule is CCONC(=O)c1ccnc2c(-c3nc4cc(C(F)(F)F)ccn4n3)c(S(=O)(=O)CC)nn12. The Hall–Kier alpha value is -3.59. The number of hydroxylamine groups is 1. The molecule has 0 saturated heterocycles. The van der Waals surface area contributed by atoms with Crippen LogP contribution in [0.25, 0.3) is 22.7 Å². The van der Waals surface area contributed by atoms with Crippen LogP contribution in [0.4, 0.5) is 13.2 Å². The number of nitrogens with zero attached hydrogens (tertiary/aromatic N) is 6. The predicted molar refractivity (Wildman–Crippen MR) is 107 cm³/mol. The lowest BCUT2D eigenvalue weighted by Gasteiger charge is -2.05. The molecule has 4 rings (SSSR count). The van der Waals surface area contributed by atoms with Crippen molar-refractivity contribution in [2.75, 3.05) is 12.4 Å². The molecule has 0 fully saturated rings. The van der Waals surface area contributed by atoms with E-state index in [9.17, 15) is 26.4 Å². The minimum absolute atomic E-state index is 0.0712. The summed E-state index contributed by atoms with van der Waals surface area (Å²) in [6.45, 7) is 3.23. The zero-order chi connectivity index (χ0) is 24.0. The fourth-order valence-corrected chi connectivity index (χ4v) is 3.97. The molecule has 1 amide bonds. The molecule has 0 aliphatic rings. The first-order valence-electron chi connectivity index (χ1n) is 9.53. The molecule has 0 spiro atoms. The Morgan fingerprint density at radius 1 is 1.21 bits per heavy atom. The Labute approximate surface area is 184 Å². The minimum atomic E-state index is -4.60. The van der Waals surface area contributed by atoms with Gasteiger partial charge in [-0.25, -0.2) is 32.9 Å². The second-order valence-corrected chi connectivity index (χ2v) is 8.86. The molecule has 1 N–H and O–H groups in total. The van der Waals surface area contributed by atoms with Crippen LogP contribution in [0, 0.1) is 0 Å². The number of amides is 1. The van der Waals surface area contributed by atoms with Crippen molar-refractivity contribution in [3.63, 3.8) is 0 Å². The Balaban J connectivity index is 1.98. The fourth-order valence-electron chi connectivity index (χ4n) is 3.00. The van der Waals surface area contributed by atoms with Crippen LogP contribution in [0.15, 0.2) is 35.6 Å². The van der Waals surface area contributed by atoms with Gasteiger partial charge < -0.3 is 0 Å². The number of carbonyl (C=O) groups is 1. The average Bonchev–Trinajstić information content (AvgIpc) is 3.37. The molecule has 0 saturated carbocycles. The summed E-state index contributed by atoms with van der Waals surface area (Å²) in [5.74, 6) is -1.27. The normalized spacial score (nSPS) is 12.5. The molecule has 0 radical (unpaired) electrons. The van der Waals surface area contributed by atoms with Gasteiger partial charge in [-0.05, 0) is 25.1 Å². The number of aromatic nitrogens is 6. The van der Waals surface area contributed by atoms with E-state index in [-0.39, 0.29) is 40.7 Å². The maximum absolute atomic E-state index is 13.1. The summed E-state index contributed by atoms with van der Waals surface area (Å²) in [6.07, 6.45) is -2.29. The van der Waals surface area contributed by atoms with Crippen molar-refractivity contribution in [1.29, 1.82) is 0 Å². The zero-order valence-corrected chi connectivity index (χ0v) is 18.0. The Morgan fingerprint density at radius 2 is 1.97 bits per heavy atom. The number of nitrogens with one attached hydrogen (secondary N) is 1. The van der Waals surface area contributed by atoms with Crippen molar-refractivity contribution >= 4 is 27.0 Å². The van der Waals surface area contributed by atoms with E-state index < -0.39 is 32.5 Å². The molecule has 4 heterocycles. The van der Waals surface area contributed by atoms with Gasteiger partial charge in [0.15, 0.2) is 32.0 Å². The number of alkyl halides is 3. The van der Waals surface area contributed by atoms with Crippen LogP contribution in [0.2, 0.25) is 0 Å². The fraction of sp³-hybridized carbons (Fsp3) is 0.278. The Morgan fingerprint density at radius 3 is 2.64 bits per heavy atom. The van der Waals surface area contributed by atoms with Crippen LogP contribution in [-0.4, -0.2) is 55.9 Å². The van der Waals surface area contributed by atoms with E-state index in [4.69, 9.17) is 4.84 Å². The number of sulfone groups is 1. The quantitative estimate of drug-likeness (QED) is 0.412. The largest absolute Gasteiger partial charge is 0.416 e. The summed E-state index contributed by atoms with van der Waals surface area (Å²) in [4.78, 5) is 25.5. The summed E-state index contributed by atoms with van der Waals surface area (Å²) in [6, 6.07) is 2.90. The van der Waals surface area contributed by atoms with E-state index in [1.165, 1.54) is 19.2 Å². The standard InChI is InChI=1S/C18H16F3N7O4S/c1-3-32-26-16(29)11-5-7-22-15-13(17(25-28(11)15)33(30,31)4-2)14-23-12-9-10(18(19,20)21)6-8-27(12)24-14/h5-9H,3-4H2,1-2H3,(H,26,29). The lowest BCUT2D eigenvalue weighted by Crippen LogP contribution is -2.26. The number of halogens is 3. The van der Waals surface area contributed by atoms with Crippen LogP contribution < -0.4 is 5.48 Å². The van der Waals surface area contributed by atoms with Gasteiger partial charge in [-0.2, -0.15) is 18.3 Å². The summed E-state index contributed by atoms with van der Waals surface area (Å²) in [7, 11) is -3.97. The van der Waals surface area contributed by atoms with E-state index in [0.717, 1.165) is 27.4 Å². The molecule has 0 unspecified atom stereocenters. The van der Waals surface area contributed by atoms with Gasteiger partial charge in [0.1, 0.15) is 11.3 Å². The van der Waals surface area contributed by atoms with Gasteiger partial charge in [0.25, 0.3) is 5.91 Å². The third-order valence-electron chi connectivity index (χ3n) is 4.59. The predicted octanol–water partition coefficient (Wildman–Crippen LogP) is 1.93. The lowest BCUT2D eigenvalue weighted by atomic mass is 10.2. The summed E-state index contributed by atoms with van der Waals surface area (Å²) < 4.78 is 66.8. The Kier molecular flexibility index (Phi) is 5.53. The zero-order valence-electron chi connectivity index (χ0n) is 17.2. The van der Waals surface area contributed by atoms with Crippen molar-refractivity contribution in [2.24, 2.45) is 0 Å². The number of pyridine rings is 1. The van der Waals surface area contributed by atoms with Crippen LogP contribution in [0.1, 0.15) is 29.9 Å². The van der Waals surface area contributed by atoms with Crippen molar-refractivity contribution < 1.29 is 31.2 Å². The van der Waals surface area contributed by atoms with Crippen LogP contribution in [0.3, 0.4) is 0 Å². The van der Waals surface area contributed by atoms with Gasteiger partial charge in [0, 0.05) is 12.4 Å². The molecule has 0 bridgehead atoms. The van der Waals surface area contributed by atoms with Crippen molar-refractivity contribution in [1.82, 2.24) is 34.7 Å². The highest BCUT2D eigenvalue weighted by molar-refractivity contribution is 7.91. The molecule has 0 aliphatic heterocycles. The van der Waals surface area contributed by atoms with E-state index in [1.807, 2.05) is 0 Å². The van der Waals surface area contributed by atoms with Crippen LogP contribution >= 0.6 is 0 Å². The number of carbonyl (C=O) groups excluding carboxylic acids is 1. The monoisotopic (exact) mass is 483 g/mol. The highest BCUT2D eigenvalue weighted by Crippen LogP contribution is 2.32. The summed E-state index contributed by atoms with van der Waals surface area (Å²) >= 11 is 0. The first kappa shape index (κ1) is 22.6. The molecule has 174 valence electrons. The molecular weight excluding hydrogens is 467 g/mol. The van der Waals surface area contributed by atoms with Crippen molar-refractivity contribution in [3.8, 4) is 11.4 Å². The maximum Gasteiger partial charge on any atom is 0.416 e. The molecule has 4 aromatic heterocycles. The third-order valence-corrected chi connectivity index (χ3v) is 6.23. The maximum atomic E-state index is 13.1. The Bertz CT molecular complexity index is 1480. The van der Waals surface area contributed by atoms with E-state index in [1.54, 1.807) is 6.92 Å². The molecule has 15 heteroatoms. The summed E-state index contributed by atoms with van der Waals surface area (Å²) in [5.41, 5.74) is 0.783. The van der Waals surface area contributed by atoms with Gasteiger partial charge in [-0.1, -0.05) is 6.92 Å². The number of rotatable bonds is 6. The van der Waals surface area contributed by atoms with Gasteiger partial charge in [0.2, 0.25) is 0 Å². The van der Waals surface area contributed by atoms with E-state index in [2.05, 4.69) is 25.6 Å². The second-order valence-electron chi connectivity index (χ2n) is 6.66. The summed E-state index contributed by atoms with van der Waals surface area (Å²) in [5, 5.41) is 7.73. The smallest absolute Gasteiger partial charge is 0.274 e. The molecular formula is C18H16F3N7O4S. The first-order chi connectivity index (χ1) is 15.6. The molecule has 4 aromatic rings. The van der Waals surface area contributed by atoms with Crippen molar-refractivity contribution in [2.45, 2.75) is 25.0 Å². The second kappa shape index (κ2) is 8.08. The van der Waals surface area contributed by atoms with E-state index >= 15 is 0 Å².